The van der Waals surface area contributed by atoms with E-state index in [9.17, 15) is 9.90 Å². The first kappa shape index (κ1) is 13.1. The summed E-state index contributed by atoms with van der Waals surface area (Å²) in [6, 6.07) is 11.9. The van der Waals surface area contributed by atoms with Crippen molar-refractivity contribution in [3.8, 4) is 5.75 Å². The van der Waals surface area contributed by atoms with E-state index >= 15 is 0 Å². The van der Waals surface area contributed by atoms with Crippen LogP contribution in [0.1, 0.15) is 0 Å². The number of phenolic OH excluding ortho intramolecular Hbond substituents is 1. The molecule has 0 spiro atoms. The normalized spacial score (nSPS) is 14.4. The number of phenols is 1. The maximum absolute atomic E-state index is 12.4. The lowest BCUT2D eigenvalue weighted by atomic mass is 10.2. The summed E-state index contributed by atoms with van der Waals surface area (Å²) >= 11 is 7.29. The molecule has 2 aromatic carbocycles. The number of rotatable bonds is 1. The summed E-state index contributed by atoms with van der Waals surface area (Å²) in [6.07, 6.45) is 0. The minimum absolute atomic E-state index is 0.139. The van der Waals surface area contributed by atoms with Crippen LogP contribution in [-0.4, -0.2) is 18.2 Å². The number of benzene rings is 2. The van der Waals surface area contributed by atoms with E-state index in [4.69, 9.17) is 11.6 Å². The molecule has 0 saturated heterocycles. The molecule has 4 nitrogen and oxygen atoms in total. The standard InChI is InChI=1S/C14H11ClN2O2S/c1-16-12-8-11(18)5-6-13(12)20-17(14(16)19)10-4-2-3-9(15)7-10/h2-8,18H,1H3. The lowest BCUT2D eigenvalue weighted by Crippen LogP contribution is -2.40. The predicted molar refractivity (Wildman–Crippen MR) is 81.7 cm³/mol. The van der Waals surface area contributed by atoms with Crippen molar-refractivity contribution < 1.29 is 9.90 Å². The number of carbonyl (C=O) groups excluding carboxylic acids is 1. The van der Waals surface area contributed by atoms with Crippen molar-refractivity contribution in [3.05, 3.63) is 47.5 Å². The van der Waals surface area contributed by atoms with E-state index in [2.05, 4.69) is 0 Å². The van der Waals surface area contributed by atoms with Gasteiger partial charge in [0.1, 0.15) is 5.75 Å². The quantitative estimate of drug-likeness (QED) is 0.806. The third kappa shape index (κ3) is 2.19. The molecule has 2 amide bonds. The van der Waals surface area contributed by atoms with Crippen LogP contribution >= 0.6 is 23.5 Å². The molecule has 102 valence electrons. The summed E-state index contributed by atoms with van der Waals surface area (Å²) < 4.78 is 1.57. The molecule has 1 heterocycles. The van der Waals surface area contributed by atoms with E-state index in [0.717, 1.165) is 10.6 Å². The van der Waals surface area contributed by atoms with Crippen LogP contribution in [0.5, 0.6) is 5.75 Å². The topological polar surface area (TPSA) is 43.8 Å². The molecular formula is C14H11ClN2O2S. The molecule has 0 radical (unpaired) electrons. The van der Waals surface area contributed by atoms with Crippen LogP contribution in [0.25, 0.3) is 0 Å². The van der Waals surface area contributed by atoms with E-state index in [0.29, 0.717) is 10.7 Å². The van der Waals surface area contributed by atoms with Gasteiger partial charge in [0.15, 0.2) is 0 Å². The first-order valence-corrected chi connectivity index (χ1v) is 7.06. The van der Waals surface area contributed by atoms with Gasteiger partial charge in [-0.2, -0.15) is 0 Å². The first-order valence-electron chi connectivity index (χ1n) is 5.90. The van der Waals surface area contributed by atoms with Crippen LogP contribution in [0, 0.1) is 0 Å². The average molecular weight is 307 g/mol. The van der Waals surface area contributed by atoms with Crippen LogP contribution in [0.2, 0.25) is 5.02 Å². The lowest BCUT2D eigenvalue weighted by molar-refractivity contribution is 0.255. The van der Waals surface area contributed by atoms with E-state index < -0.39 is 0 Å². The molecule has 0 fully saturated rings. The Morgan fingerprint density at radius 1 is 1.20 bits per heavy atom. The highest BCUT2D eigenvalue weighted by Crippen LogP contribution is 2.42. The molecule has 0 aromatic heterocycles. The Morgan fingerprint density at radius 3 is 2.75 bits per heavy atom. The van der Waals surface area contributed by atoms with Crippen LogP contribution in [-0.2, 0) is 0 Å². The monoisotopic (exact) mass is 306 g/mol. The minimum atomic E-state index is -0.185. The van der Waals surface area contributed by atoms with Crippen molar-refractivity contribution >= 4 is 41.0 Å². The fourth-order valence-corrected chi connectivity index (χ4v) is 3.21. The maximum Gasteiger partial charge on any atom is 0.339 e. The van der Waals surface area contributed by atoms with Gasteiger partial charge in [0.25, 0.3) is 0 Å². The average Bonchev–Trinajstić information content (AvgIpc) is 2.43. The highest BCUT2D eigenvalue weighted by Gasteiger charge is 2.30. The van der Waals surface area contributed by atoms with Gasteiger partial charge in [-0.3, -0.25) is 4.90 Å². The number of urea groups is 1. The molecule has 1 aliphatic rings. The second kappa shape index (κ2) is 4.92. The second-order valence-corrected chi connectivity index (χ2v) is 5.78. The van der Waals surface area contributed by atoms with Crippen LogP contribution in [0.4, 0.5) is 16.2 Å². The summed E-state index contributed by atoms with van der Waals surface area (Å²) in [4.78, 5) is 14.8. The summed E-state index contributed by atoms with van der Waals surface area (Å²) in [5.41, 5.74) is 1.41. The van der Waals surface area contributed by atoms with Crippen molar-refractivity contribution in [3.63, 3.8) is 0 Å². The van der Waals surface area contributed by atoms with Gasteiger partial charge < -0.3 is 5.11 Å². The molecule has 3 rings (SSSR count). The number of fused-ring (bicyclic) bond motifs is 1. The molecule has 1 aliphatic heterocycles. The molecule has 1 N–H and O–H groups in total. The second-order valence-electron chi connectivity index (χ2n) is 4.36. The van der Waals surface area contributed by atoms with Gasteiger partial charge in [-0.25, -0.2) is 9.10 Å². The Labute approximate surface area is 125 Å². The largest absolute Gasteiger partial charge is 0.508 e. The number of anilines is 2. The van der Waals surface area contributed by atoms with Crippen molar-refractivity contribution in [2.24, 2.45) is 0 Å². The maximum atomic E-state index is 12.4. The zero-order valence-corrected chi connectivity index (χ0v) is 12.1. The Kier molecular flexibility index (Phi) is 3.23. The van der Waals surface area contributed by atoms with E-state index in [-0.39, 0.29) is 11.8 Å². The Bertz CT molecular complexity index is 693. The molecular weight excluding hydrogens is 296 g/mol. The smallest absolute Gasteiger partial charge is 0.339 e. The zero-order chi connectivity index (χ0) is 14.3. The molecule has 0 saturated carbocycles. The van der Waals surface area contributed by atoms with Gasteiger partial charge in [-0.15, -0.1) is 0 Å². The summed E-state index contributed by atoms with van der Waals surface area (Å²) in [5.74, 6) is 0.139. The Hall–Kier alpha value is -1.85. The van der Waals surface area contributed by atoms with Gasteiger partial charge in [0, 0.05) is 18.1 Å². The lowest BCUT2D eigenvalue weighted by Gasteiger charge is -2.33. The molecule has 0 unspecified atom stereocenters. The van der Waals surface area contributed by atoms with E-state index in [1.54, 1.807) is 47.8 Å². The zero-order valence-electron chi connectivity index (χ0n) is 10.6. The fourth-order valence-electron chi connectivity index (χ4n) is 1.99. The molecule has 2 aromatic rings. The van der Waals surface area contributed by atoms with Crippen molar-refractivity contribution in [1.29, 1.82) is 0 Å². The molecule has 20 heavy (non-hydrogen) atoms. The van der Waals surface area contributed by atoms with Gasteiger partial charge >= 0.3 is 6.03 Å². The highest BCUT2D eigenvalue weighted by atomic mass is 35.5. The van der Waals surface area contributed by atoms with Gasteiger partial charge in [0.05, 0.1) is 16.3 Å². The number of nitrogens with zero attached hydrogens (tertiary/aromatic N) is 2. The third-order valence-electron chi connectivity index (χ3n) is 3.00. The van der Waals surface area contributed by atoms with Crippen molar-refractivity contribution in [2.75, 3.05) is 16.3 Å². The number of hydrogen-bond acceptors (Lipinski definition) is 3. The SMILES string of the molecule is CN1C(=O)N(c2cccc(Cl)c2)Sc2ccc(O)cc21. The fraction of sp³-hybridized carbons (Fsp3) is 0.0714. The third-order valence-corrected chi connectivity index (χ3v) is 4.32. The highest BCUT2D eigenvalue weighted by molar-refractivity contribution is 8.01. The minimum Gasteiger partial charge on any atom is -0.508 e. The molecule has 0 bridgehead atoms. The summed E-state index contributed by atoms with van der Waals surface area (Å²) in [6.45, 7) is 0. The molecule has 6 heteroatoms. The van der Waals surface area contributed by atoms with Gasteiger partial charge in [0.2, 0.25) is 0 Å². The summed E-state index contributed by atoms with van der Waals surface area (Å²) in [7, 11) is 1.68. The number of carbonyl (C=O) groups is 1. The van der Waals surface area contributed by atoms with Gasteiger partial charge in [-0.05, 0) is 42.3 Å². The Morgan fingerprint density at radius 2 is 2.00 bits per heavy atom. The Balaban J connectivity index is 2.04. The van der Waals surface area contributed by atoms with Crippen LogP contribution < -0.4 is 9.21 Å². The van der Waals surface area contributed by atoms with E-state index in [1.165, 1.54) is 16.8 Å². The number of hydrogen-bond donors (Lipinski definition) is 1. The first-order chi connectivity index (χ1) is 9.56. The van der Waals surface area contributed by atoms with Crippen molar-refractivity contribution in [1.82, 2.24) is 0 Å². The molecule has 0 aliphatic carbocycles. The molecule has 0 atom stereocenters. The van der Waals surface area contributed by atoms with E-state index in [1.807, 2.05) is 6.07 Å². The number of aromatic hydroxyl groups is 1. The van der Waals surface area contributed by atoms with Crippen molar-refractivity contribution in [2.45, 2.75) is 4.90 Å². The predicted octanol–water partition coefficient (Wildman–Crippen LogP) is 4.13. The summed E-state index contributed by atoms with van der Waals surface area (Å²) in [5, 5.41) is 10.1. The van der Waals surface area contributed by atoms with Crippen LogP contribution in [0.15, 0.2) is 47.4 Å². The number of halogens is 1. The van der Waals surface area contributed by atoms with Gasteiger partial charge in [-0.1, -0.05) is 17.7 Å². The number of amides is 2. The van der Waals surface area contributed by atoms with Crippen LogP contribution in [0.3, 0.4) is 0 Å².